The first-order valence-corrected chi connectivity index (χ1v) is 7.67. The Labute approximate surface area is 135 Å². The molecule has 1 N–H and O–H groups in total. The van der Waals surface area contributed by atoms with E-state index >= 15 is 0 Å². The summed E-state index contributed by atoms with van der Waals surface area (Å²) in [6, 6.07) is 7.69. The lowest BCUT2D eigenvalue weighted by Gasteiger charge is -2.07. The molecule has 124 valence electrons. The highest BCUT2D eigenvalue weighted by molar-refractivity contribution is 7.99. The Bertz CT molecular complexity index is 682. The zero-order valence-corrected chi connectivity index (χ0v) is 13.3. The molecule has 2 rings (SSSR count). The number of benzene rings is 1. The minimum Gasteiger partial charge on any atom is -0.351 e. The number of aromatic nitrogens is 3. The Morgan fingerprint density at radius 2 is 1.91 bits per heavy atom. The van der Waals surface area contributed by atoms with Gasteiger partial charge in [0.05, 0.1) is 5.75 Å². The maximum absolute atomic E-state index is 12.6. The Hall–Kier alpha value is -2.03. The van der Waals surface area contributed by atoms with Crippen LogP contribution in [-0.2, 0) is 24.6 Å². The normalized spacial score (nSPS) is 11.5. The molecular formula is C14H15F3N4OS. The molecule has 1 aromatic carbocycles. The molecular weight excluding hydrogens is 329 g/mol. The van der Waals surface area contributed by atoms with Crippen LogP contribution in [0.3, 0.4) is 0 Å². The first kappa shape index (κ1) is 17.3. The third-order valence-corrected chi connectivity index (χ3v) is 4.05. The van der Waals surface area contributed by atoms with Crippen LogP contribution in [0, 0.1) is 6.92 Å². The van der Waals surface area contributed by atoms with Crippen LogP contribution in [0.25, 0.3) is 0 Å². The maximum atomic E-state index is 12.6. The standard InChI is InChI=1S/C14H15F3N4OS/c1-9-3-5-10(6-4-9)7-18-11(22)8-23-13-20-19-12(21(13)2)14(15,16)17/h3-6H,7-8H2,1-2H3,(H,18,22). The first-order chi connectivity index (χ1) is 10.8. The summed E-state index contributed by atoms with van der Waals surface area (Å²) in [4.78, 5) is 11.8. The van der Waals surface area contributed by atoms with Crippen molar-refractivity contribution in [2.24, 2.45) is 7.05 Å². The van der Waals surface area contributed by atoms with Gasteiger partial charge in [-0.25, -0.2) is 0 Å². The summed E-state index contributed by atoms with van der Waals surface area (Å²) in [5.74, 6) is -1.40. The first-order valence-electron chi connectivity index (χ1n) is 6.69. The number of amides is 1. The average Bonchev–Trinajstić information content (AvgIpc) is 2.85. The van der Waals surface area contributed by atoms with E-state index < -0.39 is 12.0 Å². The second kappa shape index (κ2) is 7.03. The highest BCUT2D eigenvalue weighted by Gasteiger charge is 2.37. The molecule has 0 aliphatic rings. The third-order valence-electron chi connectivity index (χ3n) is 3.03. The quantitative estimate of drug-likeness (QED) is 0.847. The van der Waals surface area contributed by atoms with Gasteiger partial charge in [-0.05, 0) is 12.5 Å². The molecule has 0 aliphatic carbocycles. The average molecular weight is 344 g/mol. The van der Waals surface area contributed by atoms with E-state index in [9.17, 15) is 18.0 Å². The van der Waals surface area contributed by atoms with Crippen LogP contribution in [0.5, 0.6) is 0 Å². The lowest BCUT2D eigenvalue weighted by molar-refractivity contribution is -0.147. The van der Waals surface area contributed by atoms with E-state index in [1.165, 1.54) is 7.05 Å². The van der Waals surface area contributed by atoms with Crippen LogP contribution >= 0.6 is 11.8 Å². The second-order valence-electron chi connectivity index (χ2n) is 4.91. The molecule has 0 bridgehead atoms. The molecule has 1 aromatic heterocycles. The van der Waals surface area contributed by atoms with Crippen molar-refractivity contribution >= 4 is 17.7 Å². The van der Waals surface area contributed by atoms with Crippen molar-refractivity contribution in [1.82, 2.24) is 20.1 Å². The number of alkyl halides is 3. The molecule has 5 nitrogen and oxygen atoms in total. The van der Waals surface area contributed by atoms with Gasteiger partial charge in [-0.15, -0.1) is 10.2 Å². The van der Waals surface area contributed by atoms with Gasteiger partial charge >= 0.3 is 6.18 Å². The molecule has 0 atom stereocenters. The van der Waals surface area contributed by atoms with Crippen LogP contribution < -0.4 is 5.32 Å². The summed E-state index contributed by atoms with van der Waals surface area (Å²) in [5.41, 5.74) is 2.07. The summed E-state index contributed by atoms with van der Waals surface area (Å²) in [7, 11) is 1.22. The molecule has 1 amide bonds. The number of thioether (sulfide) groups is 1. The number of carbonyl (C=O) groups is 1. The monoisotopic (exact) mass is 344 g/mol. The van der Waals surface area contributed by atoms with E-state index in [4.69, 9.17) is 0 Å². The minimum atomic E-state index is -4.56. The molecule has 0 saturated carbocycles. The van der Waals surface area contributed by atoms with Crippen molar-refractivity contribution in [1.29, 1.82) is 0 Å². The number of nitrogens with one attached hydrogen (secondary N) is 1. The number of aryl methyl sites for hydroxylation is 1. The maximum Gasteiger partial charge on any atom is 0.451 e. The Kier molecular flexibility index (Phi) is 5.30. The van der Waals surface area contributed by atoms with E-state index in [2.05, 4.69) is 15.5 Å². The SMILES string of the molecule is Cc1ccc(CNC(=O)CSc2nnc(C(F)(F)F)n2C)cc1. The summed E-state index contributed by atoms with van der Waals surface area (Å²) < 4.78 is 38.6. The van der Waals surface area contributed by atoms with Crippen LogP contribution in [0.15, 0.2) is 29.4 Å². The summed E-state index contributed by atoms with van der Waals surface area (Å²) in [5, 5.41) is 9.31. The molecule has 9 heteroatoms. The molecule has 0 unspecified atom stereocenters. The van der Waals surface area contributed by atoms with Crippen LogP contribution in [0.1, 0.15) is 17.0 Å². The fraction of sp³-hybridized carbons (Fsp3) is 0.357. The zero-order chi connectivity index (χ0) is 17.0. The van der Waals surface area contributed by atoms with Gasteiger partial charge in [-0.1, -0.05) is 41.6 Å². The molecule has 1 heterocycles. The Morgan fingerprint density at radius 1 is 1.26 bits per heavy atom. The number of carbonyl (C=O) groups excluding carboxylic acids is 1. The van der Waals surface area contributed by atoms with E-state index in [1.807, 2.05) is 31.2 Å². The third kappa shape index (κ3) is 4.72. The van der Waals surface area contributed by atoms with Gasteiger partial charge < -0.3 is 9.88 Å². The highest BCUT2D eigenvalue weighted by Crippen LogP contribution is 2.29. The molecule has 0 radical (unpaired) electrons. The van der Waals surface area contributed by atoms with Crippen LogP contribution in [-0.4, -0.2) is 26.4 Å². The number of halogens is 3. The van der Waals surface area contributed by atoms with Crippen molar-refractivity contribution in [3.05, 3.63) is 41.2 Å². The molecule has 0 fully saturated rings. The van der Waals surface area contributed by atoms with Crippen LogP contribution in [0.2, 0.25) is 0 Å². The van der Waals surface area contributed by atoms with Crippen molar-refractivity contribution in [2.45, 2.75) is 24.8 Å². The van der Waals surface area contributed by atoms with E-state index in [0.29, 0.717) is 6.54 Å². The summed E-state index contributed by atoms with van der Waals surface area (Å²) in [6.45, 7) is 2.33. The van der Waals surface area contributed by atoms with Gasteiger partial charge in [-0.3, -0.25) is 4.79 Å². The predicted molar refractivity (Wildman–Crippen MR) is 79.8 cm³/mol. The highest BCUT2D eigenvalue weighted by atomic mass is 32.2. The fourth-order valence-electron chi connectivity index (χ4n) is 1.78. The molecule has 0 spiro atoms. The van der Waals surface area contributed by atoms with Crippen molar-refractivity contribution in [3.63, 3.8) is 0 Å². The minimum absolute atomic E-state index is 0.0321. The Balaban J connectivity index is 1.85. The molecule has 2 aromatic rings. The van der Waals surface area contributed by atoms with Crippen molar-refractivity contribution in [3.8, 4) is 0 Å². The molecule has 23 heavy (non-hydrogen) atoms. The van der Waals surface area contributed by atoms with Crippen molar-refractivity contribution in [2.75, 3.05) is 5.75 Å². The summed E-state index contributed by atoms with van der Waals surface area (Å²) in [6.07, 6.45) is -4.56. The van der Waals surface area contributed by atoms with Crippen molar-refractivity contribution < 1.29 is 18.0 Å². The predicted octanol–water partition coefficient (Wildman–Crippen LogP) is 2.55. The Morgan fingerprint density at radius 3 is 2.48 bits per heavy atom. The van der Waals surface area contributed by atoms with Gasteiger partial charge in [0.2, 0.25) is 11.7 Å². The number of rotatable bonds is 5. The second-order valence-corrected chi connectivity index (χ2v) is 5.86. The van der Waals surface area contributed by atoms with Crippen LogP contribution in [0.4, 0.5) is 13.2 Å². The summed E-state index contributed by atoms with van der Waals surface area (Å²) >= 11 is 0.907. The van der Waals surface area contributed by atoms with Gasteiger partial charge in [0.15, 0.2) is 5.16 Å². The van der Waals surface area contributed by atoms with Gasteiger partial charge in [0.25, 0.3) is 0 Å². The van der Waals surface area contributed by atoms with E-state index in [1.54, 1.807) is 0 Å². The largest absolute Gasteiger partial charge is 0.451 e. The molecule has 0 aliphatic heterocycles. The van der Waals surface area contributed by atoms with Gasteiger partial charge in [0.1, 0.15) is 0 Å². The number of hydrogen-bond donors (Lipinski definition) is 1. The lowest BCUT2D eigenvalue weighted by Crippen LogP contribution is -2.24. The fourth-order valence-corrected chi connectivity index (χ4v) is 2.52. The number of hydrogen-bond acceptors (Lipinski definition) is 4. The lowest BCUT2D eigenvalue weighted by atomic mass is 10.1. The zero-order valence-electron chi connectivity index (χ0n) is 12.5. The van der Waals surface area contributed by atoms with E-state index in [-0.39, 0.29) is 16.8 Å². The van der Waals surface area contributed by atoms with Gasteiger partial charge in [0, 0.05) is 13.6 Å². The smallest absolute Gasteiger partial charge is 0.351 e. The topological polar surface area (TPSA) is 59.8 Å². The molecule has 0 saturated heterocycles. The van der Waals surface area contributed by atoms with E-state index in [0.717, 1.165) is 27.5 Å². The van der Waals surface area contributed by atoms with Gasteiger partial charge in [-0.2, -0.15) is 13.2 Å². The number of nitrogens with zero attached hydrogens (tertiary/aromatic N) is 3.